The van der Waals surface area contributed by atoms with Crippen LogP contribution >= 0.6 is 0 Å². The molecule has 4 aliphatic heterocycles. The fourth-order valence-electron chi connectivity index (χ4n) is 9.83. The molecule has 0 amide bonds. The Morgan fingerprint density at radius 2 is 1.97 bits per heavy atom. The summed E-state index contributed by atoms with van der Waals surface area (Å²) in [5, 5.41) is 11.1. The van der Waals surface area contributed by atoms with Gasteiger partial charge in [0.2, 0.25) is 0 Å². The molecule has 4 saturated heterocycles. The van der Waals surface area contributed by atoms with Crippen LogP contribution in [0.3, 0.4) is 0 Å². The summed E-state index contributed by atoms with van der Waals surface area (Å²) in [5.74, 6) is 0.676. The van der Waals surface area contributed by atoms with Crippen LogP contribution in [0.15, 0.2) is 11.6 Å². The third kappa shape index (κ3) is 1.95. The van der Waals surface area contributed by atoms with E-state index in [0.717, 1.165) is 38.8 Å². The van der Waals surface area contributed by atoms with Crippen molar-refractivity contribution in [3.8, 4) is 0 Å². The second kappa shape index (κ2) is 5.91. The summed E-state index contributed by atoms with van der Waals surface area (Å²) in [6, 6.07) is 0. The number of aliphatic hydroxyl groups excluding tert-OH is 1. The van der Waals surface area contributed by atoms with Crippen LogP contribution < -0.4 is 0 Å². The van der Waals surface area contributed by atoms with Crippen molar-refractivity contribution in [3.05, 3.63) is 11.6 Å². The van der Waals surface area contributed by atoms with E-state index in [1.165, 1.54) is 18.4 Å². The van der Waals surface area contributed by atoms with E-state index in [1.54, 1.807) is 0 Å². The lowest BCUT2D eigenvalue weighted by Crippen LogP contribution is -2.63. The molecule has 7 rings (SSSR count). The third-order valence-corrected chi connectivity index (χ3v) is 10.6. The summed E-state index contributed by atoms with van der Waals surface area (Å²) in [7, 11) is 0. The Morgan fingerprint density at radius 1 is 1.16 bits per heavy atom. The second-order valence-electron chi connectivity index (χ2n) is 11.6. The average Bonchev–Trinajstić information content (AvgIpc) is 3.39. The predicted molar refractivity (Wildman–Crippen MR) is 110 cm³/mol. The van der Waals surface area contributed by atoms with Crippen LogP contribution in [-0.4, -0.2) is 64.9 Å². The van der Waals surface area contributed by atoms with Crippen molar-refractivity contribution in [3.63, 3.8) is 0 Å². The first-order chi connectivity index (χ1) is 14.4. The van der Waals surface area contributed by atoms with Gasteiger partial charge in [0.1, 0.15) is 12.2 Å². The van der Waals surface area contributed by atoms with Crippen LogP contribution in [0.4, 0.5) is 0 Å². The maximum Gasteiger partial charge on any atom is 0.306 e. The summed E-state index contributed by atoms with van der Waals surface area (Å²) in [4.78, 5) is 27.7. The molecule has 0 radical (unpaired) electrons. The van der Waals surface area contributed by atoms with Crippen LogP contribution in [0, 0.1) is 28.1 Å². The predicted octanol–water partition coefficient (Wildman–Crippen LogP) is 1.37. The fraction of sp³-hybridized carbons (Fsp3) is 0.833. The van der Waals surface area contributed by atoms with Crippen molar-refractivity contribution in [2.24, 2.45) is 28.1 Å². The molecule has 0 aromatic rings. The molecule has 3 aliphatic carbocycles. The number of piperidine rings is 1. The highest BCUT2D eigenvalue weighted by Crippen LogP contribution is 2.77. The van der Waals surface area contributed by atoms with Gasteiger partial charge >= 0.3 is 11.9 Å². The quantitative estimate of drug-likeness (QED) is 0.496. The van der Waals surface area contributed by atoms with Gasteiger partial charge < -0.3 is 20.1 Å². The van der Waals surface area contributed by atoms with Crippen molar-refractivity contribution in [2.75, 3.05) is 19.7 Å². The van der Waals surface area contributed by atoms with E-state index in [1.807, 2.05) is 0 Å². The molecule has 0 aromatic carbocycles. The molecule has 170 valence electrons. The minimum absolute atomic E-state index is 0. The molecule has 2 saturated carbocycles. The average molecular weight is 432 g/mol. The summed E-state index contributed by atoms with van der Waals surface area (Å²) in [5.41, 5.74) is 0.118. The molecule has 7 heteroatoms. The first-order valence-corrected chi connectivity index (χ1v) is 11.9. The highest BCUT2D eigenvalue weighted by atomic mass is 16.6. The number of rotatable bonds is 1. The zero-order chi connectivity index (χ0) is 20.5. The van der Waals surface area contributed by atoms with Crippen LogP contribution in [0.1, 0.15) is 58.3 Å². The Bertz CT molecular complexity index is 903. The number of hydrogen-bond donors (Lipinski definition) is 1. The molecule has 31 heavy (non-hydrogen) atoms. The first-order valence-electron chi connectivity index (χ1n) is 11.9. The lowest BCUT2D eigenvalue weighted by molar-refractivity contribution is -0.181. The minimum Gasteiger partial charge on any atom is -0.460 e. The van der Waals surface area contributed by atoms with Gasteiger partial charge in [0.25, 0.3) is 0 Å². The van der Waals surface area contributed by atoms with Crippen molar-refractivity contribution < 1.29 is 29.6 Å². The Labute approximate surface area is 182 Å². The Balaban J connectivity index is 0.00000185. The van der Waals surface area contributed by atoms with E-state index in [4.69, 9.17) is 9.47 Å². The highest BCUT2D eigenvalue weighted by Gasteiger charge is 2.85. The lowest BCUT2D eigenvalue weighted by atomic mass is 9.53. The molecule has 0 unspecified atom stereocenters. The minimum atomic E-state index is -0.498. The molecule has 7 aliphatic rings. The van der Waals surface area contributed by atoms with Crippen molar-refractivity contribution in [1.29, 1.82) is 0 Å². The van der Waals surface area contributed by atoms with E-state index >= 15 is 0 Å². The van der Waals surface area contributed by atoms with E-state index in [9.17, 15) is 14.7 Å². The van der Waals surface area contributed by atoms with Gasteiger partial charge in [-0.1, -0.05) is 18.6 Å². The number of fused-ring (bicyclic) bond motifs is 2. The number of aliphatic hydroxyl groups is 1. The maximum atomic E-state index is 12.7. The molecule has 2 spiro atoms. The lowest BCUT2D eigenvalue weighted by Gasteiger charge is -2.53. The monoisotopic (exact) mass is 431 g/mol. The smallest absolute Gasteiger partial charge is 0.306 e. The Kier molecular flexibility index (Phi) is 3.85. The van der Waals surface area contributed by atoms with Gasteiger partial charge in [0, 0.05) is 35.8 Å². The molecule has 7 nitrogen and oxygen atoms in total. The first kappa shape index (κ1) is 20.2. The SMILES string of the molecule is C[C@@]12CC(=O)O[C@@H]1[C@]13C[C@@]4(CO)[C@H](CC[C@H]5CCC=C5[C@]45CCC(=O)O[C@H]15)CN3C2.O. The van der Waals surface area contributed by atoms with Crippen LogP contribution in [0.25, 0.3) is 0 Å². The topological polar surface area (TPSA) is 108 Å². The number of carbonyl (C=O) groups excluding carboxylic acids is 2. The number of carbonyl (C=O) groups is 2. The van der Waals surface area contributed by atoms with Gasteiger partial charge in [0.05, 0.1) is 18.6 Å². The Hall–Kier alpha value is -1.44. The number of allylic oxidation sites excluding steroid dienone is 1. The van der Waals surface area contributed by atoms with E-state index in [2.05, 4.69) is 17.9 Å². The van der Waals surface area contributed by atoms with Gasteiger partial charge in [-0.25, -0.2) is 0 Å². The van der Waals surface area contributed by atoms with Gasteiger partial charge in [-0.05, 0) is 50.4 Å². The summed E-state index contributed by atoms with van der Waals surface area (Å²) in [6.45, 7) is 4.03. The molecular weight excluding hydrogens is 398 g/mol. The molecule has 8 atom stereocenters. The summed E-state index contributed by atoms with van der Waals surface area (Å²) >= 11 is 0. The largest absolute Gasteiger partial charge is 0.460 e. The highest BCUT2D eigenvalue weighted by molar-refractivity contribution is 5.75. The molecule has 4 heterocycles. The number of ether oxygens (including phenoxy) is 2. The van der Waals surface area contributed by atoms with Crippen molar-refractivity contribution in [2.45, 2.75) is 76.0 Å². The Morgan fingerprint density at radius 3 is 2.77 bits per heavy atom. The normalized spacial score (nSPS) is 53.9. The molecule has 6 fully saturated rings. The van der Waals surface area contributed by atoms with E-state index in [0.29, 0.717) is 24.7 Å². The second-order valence-corrected chi connectivity index (χ2v) is 11.6. The molecule has 2 bridgehead atoms. The number of esters is 2. The standard InChI is InChI=1S/C24H31NO5.H2O/c1-21-9-18(28)30-19(21)24-11-22(13-26)15(10-25(24)12-21)6-5-14-3-2-4-16(14)23(22)8-7-17(27)29-20(23)24;/h4,14-15,19-20,26H,2-3,5-13H2,1H3;1H2/t14-,15-,19+,20+,21+,22-,23+,24-;/m1./s1. The van der Waals surface area contributed by atoms with Crippen LogP contribution in [-0.2, 0) is 19.1 Å². The summed E-state index contributed by atoms with van der Waals surface area (Å²) in [6.07, 6.45) is 8.80. The van der Waals surface area contributed by atoms with Gasteiger partial charge in [-0.3, -0.25) is 14.5 Å². The van der Waals surface area contributed by atoms with Crippen molar-refractivity contribution in [1.82, 2.24) is 4.90 Å². The summed E-state index contributed by atoms with van der Waals surface area (Å²) < 4.78 is 12.4. The molecule has 0 aromatic heterocycles. The van der Waals surface area contributed by atoms with Gasteiger partial charge in [-0.2, -0.15) is 0 Å². The number of nitrogens with zero attached hydrogens (tertiary/aromatic N) is 1. The van der Waals surface area contributed by atoms with Crippen molar-refractivity contribution >= 4 is 11.9 Å². The van der Waals surface area contributed by atoms with Crippen LogP contribution in [0.2, 0.25) is 0 Å². The zero-order valence-corrected chi connectivity index (χ0v) is 18.2. The third-order valence-electron chi connectivity index (χ3n) is 10.6. The fourth-order valence-corrected chi connectivity index (χ4v) is 9.83. The molecule has 3 N–H and O–H groups in total. The number of hydrogen-bond acceptors (Lipinski definition) is 6. The zero-order valence-electron chi connectivity index (χ0n) is 18.2. The van der Waals surface area contributed by atoms with Gasteiger partial charge in [0.15, 0.2) is 0 Å². The van der Waals surface area contributed by atoms with E-state index < -0.39 is 5.54 Å². The van der Waals surface area contributed by atoms with Crippen LogP contribution in [0.5, 0.6) is 0 Å². The maximum absolute atomic E-state index is 12.7. The van der Waals surface area contributed by atoms with Gasteiger partial charge in [-0.15, -0.1) is 0 Å². The molecular formula is C24H33NO6. The van der Waals surface area contributed by atoms with E-state index in [-0.39, 0.29) is 52.5 Å².